The number of halogens is 1. The third-order valence-electron chi connectivity index (χ3n) is 4.07. The molecule has 0 saturated carbocycles. The highest BCUT2D eigenvalue weighted by Gasteiger charge is 2.13. The SMILES string of the molecule is COc1ccc(-c2nc3ccccn3c2N=Cc2ccc(F)cc2)cc1. The molecule has 26 heavy (non-hydrogen) atoms. The van der Waals surface area contributed by atoms with E-state index in [9.17, 15) is 4.39 Å². The second kappa shape index (κ2) is 6.80. The van der Waals surface area contributed by atoms with Crippen molar-refractivity contribution in [2.45, 2.75) is 0 Å². The van der Waals surface area contributed by atoms with Crippen molar-refractivity contribution >= 4 is 17.7 Å². The molecule has 2 aromatic carbocycles. The van der Waals surface area contributed by atoms with E-state index in [0.29, 0.717) is 0 Å². The highest BCUT2D eigenvalue weighted by molar-refractivity contribution is 5.85. The van der Waals surface area contributed by atoms with Crippen molar-refractivity contribution in [2.24, 2.45) is 4.99 Å². The van der Waals surface area contributed by atoms with Crippen LogP contribution < -0.4 is 4.74 Å². The van der Waals surface area contributed by atoms with Gasteiger partial charge < -0.3 is 4.74 Å². The zero-order valence-corrected chi connectivity index (χ0v) is 14.1. The first-order valence-corrected chi connectivity index (χ1v) is 8.16. The number of fused-ring (bicyclic) bond motifs is 1. The largest absolute Gasteiger partial charge is 0.497 e. The minimum Gasteiger partial charge on any atom is -0.497 e. The molecule has 4 nitrogen and oxygen atoms in total. The molecule has 2 aromatic heterocycles. The fourth-order valence-corrected chi connectivity index (χ4v) is 2.73. The standard InChI is InChI=1S/C21H16FN3O/c1-26-18-11-7-16(8-12-18)20-21(25-13-3-2-4-19(25)24-20)23-14-15-5-9-17(22)10-6-15/h2-14H,1H3. The van der Waals surface area contributed by atoms with Crippen LogP contribution in [0.4, 0.5) is 10.2 Å². The predicted molar refractivity (Wildman–Crippen MR) is 101 cm³/mol. The predicted octanol–water partition coefficient (Wildman–Crippen LogP) is 4.90. The van der Waals surface area contributed by atoms with Crippen LogP contribution in [0.1, 0.15) is 5.56 Å². The molecule has 2 heterocycles. The first-order valence-electron chi connectivity index (χ1n) is 8.16. The van der Waals surface area contributed by atoms with Crippen molar-refractivity contribution in [3.05, 3.63) is 84.3 Å². The summed E-state index contributed by atoms with van der Waals surface area (Å²) in [7, 11) is 1.64. The van der Waals surface area contributed by atoms with Crippen LogP contribution in [0.15, 0.2) is 77.9 Å². The normalized spacial score (nSPS) is 11.3. The minimum atomic E-state index is -0.268. The lowest BCUT2D eigenvalue weighted by molar-refractivity contribution is 0.415. The molecule has 0 fully saturated rings. The fourth-order valence-electron chi connectivity index (χ4n) is 2.73. The minimum absolute atomic E-state index is 0.268. The Balaban J connectivity index is 1.82. The lowest BCUT2D eigenvalue weighted by Crippen LogP contribution is -1.86. The molecule has 0 bridgehead atoms. The third-order valence-corrected chi connectivity index (χ3v) is 4.07. The number of hydrogen-bond donors (Lipinski definition) is 0. The number of imidazole rings is 1. The average Bonchev–Trinajstić information content (AvgIpc) is 3.06. The molecule has 0 saturated heterocycles. The zero-order valence-electron chi connectivity index (χ0n) is 14.1. The topological polar surface area (TPSA) is 38.9 Å². The summed E-state index contributed by atoms with van der Waals surface area (Å²) in [4.78, 5) is 9.35. The van der Waals surface area contributed by atoms with E-state index in [0.717, 1.165) is 34.0 Å². The summed E-state index contributed by atoms with van der Waals surface area (Å²) in [5.74, 6) is 1.24. The van der Waals surface area contributed by atoms with Crippen molar-refractivity contribution in [1.29, 1.82) is 0 Å². The lowest BCUT2D eigenvalue weighted by Gasteiger charge is -2.03. The summed E-state index contributed by atoms with van der Waals surface area (Å²) in [6, 6.07) is 19.7. The van der Waals surface area contributed by atoms with Crippen LogP contribution in [0.25, 0.3) is 16.9 Å². The van der Waals surface area contributed by atoms with Gasteiger partial charge in [-0.3, -0.25) is 4.40 Å². The van der Waals surface area contributed by atoms with Crippen LogP contribution in [0.5, 0.6) is 5.75 Å². The molecule has 0 amide bonds. The van der Waals surface area contributed by atoms with Gasteiger partial charge in [-0.05, 0) is 54.1 Å². The van der Waals surface area contributed by atoms with Crippen LogP contribution in [0, 0.1) is 5.82 Å². The van der Waals surface area contributed by atoms with Gasteiger partial charge in [-0.15, -0.1) is 0 Å². The number of aliphatic imine (C=N–C) groups is 1. The molecule has 0 atom stereocenters. The molecule has 128 valence electrons. The van der Waals surface area contributed by atoms with Gasteiger partial charge in [0, 0.05) is 18.0 Å². The maximum atomic E-state index is 13.1. The second-order valence-corrected chi connectivity index (χ2v) is 5.75. The Morgan fingerprint density at radius 3 is 2.50 bits per heavy atom. The highest BCUT2D eigenvalue weighted by Crippen LogP contribution is 2.31. The molecule has 0 unspecified atom stereocenters. The highest BCUT2D eigenvalue weighted by atomic mass is 19.1. The number of aromatic nitrogens is 2. The van der Waals surface area contributed by atoms with Gasteiger partial charge in [0.1, 0.15) is 22.9 Å². The number of benzene rings is 2. The number of pyridine rings is 1. The van der Waals surface area contributed by atoms with Gasteiger partial charge in [0.2, 0.25) is 0 Å². The van der Waals surface area contributed by atoms with Crippen molar-refractivity contribution in [3.63, 3.8) is 0 Å². The molecule has 5 heteroatoms. The molecular formula is C21H16FN3O. The summed E-state index contributed by atoms with van der Waals surface area (Å²) in [6.07, 6.45) is 3.63. The lowest BCUT2D eigenvalue weighted by atomic mass is 10.1. The smallest absolute Gasteiger partial charge is 0.165 e. The van der Waals surface area contributed by atoms with E-state index in [2.05, 4.69) is 4.99 Å². The Morgan fingerprint density at radius 2 is 1.77 bits per heavy atom. The maximum Gasteiger partial charge on any atom is 0.165 e. The van der Waals surface area contributed by atoms with Gasteiger partial charge in [-0.1, -0.05) is 18.2 Å². The second-order valence-electron chi connectivity index (χ2n) is 5.75. The van der Waals surface area contributed by atoms with Crippen LogP contribution >= 0.6 is 0 Å². The fraction of sp³-hybridized carbons (Fsp3) is 0.0476. The van der Waals surface area contributed by atoms with E-state index in [4.69, 9.17) is 9.72 Å². The van der Waals surface area contributed by atoms with Gasteiger partial charge in [-0.2, -0.15) is 0 Å². The number of methoxy groups -OCH3 is 1. The Hall–Kier alpha value is -3.47. The van der Waals surface area contributed by atoms with Crippen LogP contribution in [0.2, 0.25) is 0 Å². The Bertz CT molecular complexity index is 1070. The molecule has 4 rings (SSSR count). The van der Waals surface area contributed by atoms with Crippen molar-refractivity contribution in [3.8, 4) is 17.0 Å². The third kappa shape index (κ3) is 3.07. The monoisotopic (exact) mass is 345 g/mol. The first kappa shape index (κ1) is 16.0. The summed E-state index contributed by atoms with van der Waals surface area (Å²) < 4.78 is 20.2. The van der Waals surface area contributed by atoms with E-state index < -0.39 is 0 Å². The molecule has 0 aliphatic carbocycles. The molecule has 0 N–H and O–H groups in total. The van der Waals surface area contributed by atoms with E-state index in [-0.39, 0.29) is 5.82 Å². The van der Waals surface area contributed by atoms with Crippen LogP contribution in [0.3, 0.4) is 0 Å². The van der Waals surface area contributed by atoms with Gasteiger partial charge in [0.05, 0.1) is 7.11 Å². The number of hydrogen-bond acceptors (Lipinski definition) is 3. The van der Waals surface area contributed by atoms with Gasteiger partial charge in [0.25, 0.3) is 0 Å². The van der Waals surface area contributed by atoms with Crippen molar-refractivity contribution in [1.82, 2.24) is 9.38 Å². The summed E-state index contributed by atoms with van der Waals surface area (Å²) in [5.41, 5.74) is 3.35. The Kier molecular flexibility index (Phi) is 4.19. The van der Waals surface area contributed by atoms with Crippen molar-refractivity contribution in [2.75, 3.05) is 7.11 Å². The van der Waals surface area contributed by atoms with Gasteiger partial charge in [-0.25, -0.2) is 14.4 Å². The van der Waals surface area contributed by atoms with Gasteiger partial charge >= 0.3 is 0 Å². The summed E-state index contributed by atoms with van der Waals surface area (Å²) in [6.45, 7) is 0. The Labute approximate surface area is 150 Å². The van der Waals surface area contributed by atoms with Crippen molar-refractivity contribution < 1.29 is 9.13 Å². The summed E-state index contributed by atoms with van der Waals surface area (Å²) in [5, 5.41) is 0. The molecule has 0 spiro atoms. The molecule has 0 radical (unpaired) electrons. The molecule has 0 aliphatic heterocycles. The number of rotatable bonds is 4. The molecule has 0 aliphatic rings. The summed E-state index contributed by atoms with van der Waals surface area (Å²) >= 11 is 0. The average molecular weight is 345 g/mol. The van der Waals surface area contributed by atoms with E-state index >= 15 is 0 Å². The zero-order chi connectivity index (χ0) is 17.9. The van der Waals surface area contributed by atoms with E-state index in [1.165, 1.54) is 12.1 Å². The Morgan fingerprint density at radius 1 is 1.00 bits per heavy atom. The quantitative estimate of drug-likeness (QED) is 0.494. The van der Waals surface area contributed by atoms with Crippen LogP contribution in [-0.4, -0.2) is 22.7 Å². The van der Waals surface area contributed by atoms with Gasteiger partial charge in [0.15, 0.2) is 5.82 Å². The first-order chi connectivity index (χ1) is 12.7. The van der Waals surface area contributed by atoms with E-state index in [1.54, 1.807) is 25.5 Å². The molecular weight excluding hydrogens is 329 g/mol. The van der Waals surface area contributed by atoms with E-state index in [1.807, 2.05) is 53.1 Å². The van der Waals surface area contributed by atoms with Crippen LogP contribution in [-0.2, 0) is 0 Å². The molecule has 4 aromatic rings. The maximum absolute atomic E-state index is 13.1. The number of ether oxygens (including phenoxy) is 1. The number of nitrogens with zero attached hydrogens (tertiary/aromatic N) is 3.